The fourth-order valence-corrected chi connectivity index (χ4v) is 6.57. The molecule has 0 aromatic carbocycles. The van der Waals surface area contributed by atoms with Crippen LogP contribution in [0, 0.1) is 47.3 Å². The second-order valence-electron chi connectivity index (χ2n) is 8.66. The third kappa shape index (κ3) is 1.59. The van der Waals surface area contributed by atoms with Crippen molar-refractivity contribution in [2.75, 3.05) is 13.1 Å². The van der Waals surface area contributed by atoms with Crippen molar-refractivity contribution >= 4 is 23.6 Å². The minimum atomic E-state index is -0.220. The molecule has 134 valence electrons. The summed E-state index contributed by atoms with van der Waals surface area (Å²) in [6.07, 6.45) is 10.1. The van der Waals surface area contributed by atoms with E-state index in [1.807, 2.05) is 0 Å². The van der Waals surface area contributed by atoms with Crippen molar-refractivity contribution in [3.05, 3.63) is 24.3 Å². The van der Waals surface area contributed by atoms with Gasteiger partial charge in [0.15, 0.2) is 0 Å². The molecule has 4 fully saturated rings. The fourth-order valence-electron chi connectivity index (χ4n) is 6.57. The monoisotopic (exact) mass is 352 g/mol. The summed E-state index contributed by atoms with van der Waals surface area (Å²) in [6.45, 7) is 0.285. The van der Waals surface area contributed by atoms with Gasteiger partial charge in [-0.3, -0.25) is 29.0 Å². The number of rotatable bonds is 3. The smallest absolute Gasteiger partial charge is 0.233 e. The Morgan fingerprint density at radius 3 is 1.12 bits per heavy atom. The van der Waals surface area contributed by atoms with Crippen LogP contribution in [0.5, 0.6) is 0 Å². The van der Waals surface area contributed by atoms with Crippen LogP contribution in [0.4, 0.5) is 0 Å². The third-order valence-electron chi connectivity index (χ3n) is 7.67. The molecule has 0 unspecified atom stereocenters. The molecule has 6 rings (SSSR count). The minimum absolute atomic E-state index is 0.113. The first kappa shape index (κ1) is 14.9. The number of likely N-dealkylation sites (tertiary alicyclic amines) is 2. The second-order valence-corrected chi connectivity index (χ2v) is 8.66. The lowest BCUT2D eigenvalue weighted by atomic mass is 9.85. The summed E-state index contributed by atoms with van der Waals surface area (Å²) in [5.74, 6) is -0.602. The molecule has 2 heterocycles. The van der Waals surface area contributed by atoms with E-state index in [1.165, 1.54) is 9.80 Å². The van der Waals surface area contributed by atoms with Crippen molar-refractivity contribution in [3.8, 4) is 0 Å². The average molecular weight is 352 g/mol. The van der Waals surface area contributed by atoms with E-state index in [9.17, 15) is 19.2 Å². The van der Waals surface area contributed by atoms with Crippen LogP contribution in [0.1, 0.15) is 12.8 Å². The van der Waals surface area contributed by atoms with E-state index >= 15 is 0 Å². The van der Waals surface area contributed by atoms with E-state index in [1.54, 1.807) is 0 Å². The normalized spacial score (nSPS) is 47.1. The number of hydrogen-bond acceptors (Lipinski definition) is 4. The van der Waals surface area contributed by atoms with E-state index in [4.69, 9.17) is 0 Å². The predicted octanol–water partition coefficient (Wildman–Crippen LogP) is 0.601. The Kier molecular flexibility index (Phi) is 2.70. The molecular weight excluding hydrogens is 332 g/mol. The number of allylic oxidation sites excluding steroid dienone is 4. The molecule has 8 atom stereocenters. The van der Waals surface area contributed by atoms with Crippen LogP contribution in [0.3, 0.4) is 0 Å². The van der Waals surface area contributed by atoms with E-state index in [2.05, 4.69) is 24.3 Å². The van der Waals surface area contributed by atoms with Crippen molar-refractivity contribution in [1.82, 2.24) is 9.80 Å². The highest BCUT2D eigenvalue weighted by atomic mass is 16.2. The Morgan fingerprint density at radius 2 is 0.846 bits per heavy atom. The maximum absolute atomic E-state index is 12.7. The van der Waals surface area contributed by atoms with Crippen molar-refractivity contribution in [2.24, 2.45) is 47.3 Å². The van der Waals surface area contributed by atoms with Gasteiger partial charge in [-0.05, 0) is 36.5 Å². The van der Waals surface area contributed by atoms with Gasteiger partial charge in [-0.25, -0.2) is 0 Å². The molecule has 6 nitrogen and oxygen atoms in total. The van der Waals surface area contributed by atoms with Crippen molar-refractivity contribution in [1.29, 1.82) is 0 Å². The summed E-state index contributed by atoms with van der Waals surface area (Å²) in [6, 6.07) is 0. The van der Waals surface area contributed by atoms with Gasteiger partial charge in [0.05, 0.1) is 23.7 Å². The molecule has 2 saturated heterocycles. The van der Waals surface area contributed by atoms with Crippen molar-refractivity contribution < 1.29 is 19.2 Å². The third-order valence-corrected chi connectivity index (χ3v) is 7.67. The van der Waals surface area contributed by atoms with Crippen molar-refractivity contribution in [2.45, 2.75) is 12.8 Å². The fraction of sp³-hybridized carbons (Fsp3) is 0.600. The van der Waals surface area contributed by atoms with Gasteiger partial charge in [0.2, 0.25) is 23.6 Å². The van der Waals surface area contributed by atoms with Gasteiger partial charge >= 0.3 is 0 Å². The molecule has 6 aliphatic rings. The molecule has 26 heavy (non-hydrogen) atoms. The highest BCUT2D eigenvalue weighted by Crippen LogP contribution is 2.53. The highest BCUT2D eigenvalue weighted by molar-refractivity contribution is 6.08. The second kappa shape index (κ2) is 4.72. The number of nitrogens with zero attached hydrogens (tertiary/aromatic N) is 2. The van der Waals surface area contributed by atoms with Crippen LogP contribution in [0.2, 0.25) is 0 Å². The summed E-state index contributed by atoms with van der Waals surface area (Å²) in [5, 5.41) is 0. The zero-order chi connectivity index (χ0) is 17.7. The molecule has 4 amide bonds. The van der Waals surface area contributed by atoms with Gasteiger partial charge in [-0.15, -0.1) is 0 Å². The average Bonchev–Trinajstić information content (AvgIpc) is 3.43. The Labute approximate surface area is 150 Å². The van der Waals surface area contributed by atoms with Crippen LogP contribution >= 0.6 is 0 Å². The summed E-state index contributed by atoms with van der Waals surface area (Å²) in [7, 11) is 0. The van der Waals surface area contributed by atoms with Gasteiger partial charge in [0, 0.05) is 13.1 Å². The predicted molar refractivity (Wildman–Crippen MR) is 88.9 cm³/mol. The van der Waals surface area contributed by atoms with Gasteiger partial charge in [-0.2, -0.15) is 0 Å². The van der Waals surface area contributed by atoms with Crippen LogP contribution in [-0.4, -0.2) is 46.5 Å². The Hall–Kier alpha value is -2.24. The lowest BCUT2D eigenvalue weighted by Crippen LogP contribution is -2.42. The Morgan fingerprint density at radius 1 is 0.577 bits per heavy atom. The summed E-state index contributed by atoms with van der Waals surface area (Å²) in [5.41, 5.74) is 0. The van der Waals surface area contributed by atoms with E-state index in [0.29, 0.717) is 0 Å². The molecule has 0 aromatic rings. The number of carbonyl (C=O) groups is 4. The van der Waals surface area contributed by atoms with Gasteiger partial charge in [0.25, 0.3) is 0 Å². The lowest BCUT2D eigenvalue weighted by Gasteiger charge is -2.22. The lowest BCUT2D eigenvalue weighted by molar-refractivity contribution is -0.146. The summed E-state index contributed by atoms with van der Waals surface area (Å²) in [4.78, 5) is 53.6. The van der Waals surface area contributed by atoms with E-state index in [0.717, 1.165) is 12.8 Å². The molecule has 0 spiro atoms. The van der Waals surface area contributed by atoms with E-state index in [-0.39, 0.29) is 84.1 Å². The highest BCUT2D eigenvalue weighted by Gasteiger charge is 2.61. The Balaban J connectivity index is 1.19. The molecule has 6 heteroatoms. The molecule has 2 saturated carbocycles. The first-order valence-corrected chi connectivity index (χ1v) is 9.63. The van der Waals surface area contributed by atoms with Crippen LogP contribution < -0.4 is 0 Å². The van der Waals surface area contributed by atoms with Crippen LogP contribution in [-0.2, 0) is 19.2 Å². The van der Waals surface area contributed by atoms with Crippen molar-refractivity contribution in [3.63, 3.8) is 0 Å². The molecule has 2 aliphatic heterocycles. The molecule has 0 aromatic heterocycles. The molecule has 0 N–H and O–H groups in total. The maximum atomic E-state index is 12.7. The number of imide groups is 2. The zero-order valence-electron chi connectivity index (χ0n) is 14.3. The largest absolute Gasteiger partial charge is 0.280 e. The van der Waals surface area contributed by atoms with Crippen LogP contribution in [0.15, 0.2) is 24.3 Å². The van der Waals surface area contributed by atoms with Gasteiger partial charge in [-0.1, -0.05) is 24.3 Å². The summed E-state index contributed by atoms with van der Waals surface area (Å²) < 4.78 is 0. The minimum Gasteiger partial charge on any atom is -0.280 e. The topological polar surface area (TPSA) is 74.8 Å². The Bertz CT molecular complexity index is 702. The van der Waals surface area contributed by atoms with E-state index < -0.39 is 0 Å². The summed E-state index contributed by atoms with van der Waals surface area (Å²) >= 11 is 0. The quantitative estimate of drug-likeness (QED) is 0.551. The number of fused-ring (bicyclic) bond motifs is 10. The zero-order valence-corrected chi connectivity index (χ0v) is 14.3. The standard InChI is InChI=1S/C20H20N2O4/c23-17-13-9-1-2-10(7-9)14(13)18(24)21(17)5-6-22-19(25)15-11-3-4-12(8-11)16(15)20(22)26/h1-4,9-16H,5-8H2/t9-,10+,11-,12+,13-,14-,15-,16+/m0/s1. The number of amides is 4. The molecular formula is C20H20N2O4. The maximum Gasteiger partial charge on any atom is 0.233 e. The molecule has 0 radical (unpaired) electrons. The van der Waals surface area contributed by atoms with Gasteiger partial charge < -0.3 is 0 Å². The molecule has 4 aliphatic carbocycles. The van der Waals surface area contributed by atoms with Crippen LogP contribution in [0.25, 0.3) is 0 Å². The SMILES string of the molecule is O=C1[C@@H]2[C@@H](C(=O)N1CCN1C(=O)[C@@H]3[C@H](C1=O)[C@@H]1C=C[C@H]3C1)[C@H]1C=C[C@@H]2C1. The number of hydrogen-bond donors (Lipinski definition) is 0. The first-order chi connectivity index (χ1) is 12.6. The first-order valence-electron chi connectivity index (χ1n) is 9.63. The van der Waals surface area contributed by atoms with Gasteiger partial charge in [0.1, 0.15) is 0 Å². The number of carbonyl (C=O) groups excluding carboxylic acids is 4. The molecule has 4 bridgehead atoms.